The number of sulfonamides is 1. The number of benzene rings is 1. The molecule has 1 N–H and O–H groups in total. The van der Waals surface area contributed by atoms with Crippen LogP contribution in [0.15, 0.2) is 41.8 Å². The molecule has 0 fully saturated rings. The van der Waals surface area contributed by atoms with E-state index in [0.29, 0.717) is 11.7 Å². The van der Waals surface area contributed by atoms with Crippen LogP contribution < -0.4 is 4.72 Å². The van der Waals surface area contributed by atoms with E-state index in [4.69, 9.17) is 0 Å². The topological polar surface area (TPSA) is 49.4 Å². The van der Waals surface area contributed by atoms with Crippen molar-refractivity contribution in [1.29, 1.82) is 0 Å². The van der Waals surface area contributed by atoms with Crippen LogP contribution in [0.25, 0.3) is 0 Å². The highest BCUT2D eigenvalue weighted by atomic mass is 32.2. The Morgan fingerprint density at radius 3 is 2.43 bits per heavy atom. The number of hydrogen-bond acceptors (Lipinski definition) is 4. The van der Waals surface area contributed by atoms with Crippen molar-refractivity contribution < 1.29 is 8.42 Å². The third-order valence-corrected chi connectivity index (χ3v) is 4.95. The number of anilines is 1. The Hall–Kier alpha value is -1.37. The van der Waals surface area contributed by atoms with Crippen LogP contribution in [0, 0.1) is 0 Å². The van der Waals surface area contributed by atoms with Crippen molar-refractivity contribution >= 4 is 27.0 Å². The van der Waals surface area contributed by atoms with E-state index in [9.17, 15) is 8.42 Å². The maximum atomic E-state index is 11.2. The van der Waals surface area contributed by atoms with Gasteiger partial charge in [-0.1, -0.05) is 18.2 Å². The van der Waals surface area contributed by atoms with Crippen LogP contribution in [0.1, 0.15) is 23.4 Å². The van der Waals surface area contributed by atoms with Crippen LogP contribution in [0.5, 0.6) is 0 Å². The molecule has 0 bridgehead atoms. The van der Waals surface area contributed by atoms with Crippen LogP contribution >= 0.6 is 11.3 Å². The molecule has 1 heterocycles. The summed E-state index contributed by atoms with van der Waals surface area (Å²) in [4.78, 5) is 3.61. The molecule has 2 rings (SSSR count). The smallest absolute Gasteiger partial charge is 0.229 e. The second kappa shape index (κ2) is 6.60. The summed E-state index contributed by atoms with van der Waals surface area (Å²) in [5.41, 5.74) is 1.75. The van der Waals surface area contributed by atoms with Crippen LogP contribution in [0.3, 0.4) is 0 Å². The van der Waals surface area contributed by atoms with Crippen molar-refractivity contribution in [3.8, 4) is 0 Å². The Morgan fingerprint density at radius 2 is 1.90 bits per heavy atom. The molecule has 0 radical (unpaired) electrons. The molecule has 0 saturated carbocycles. The summed E-state index contributed by atoms with van der Waals surface area (Å²) in [6.07, 6.45) is 1.15. The number of hydrogen-bond donors (Lipinski definition) is 1. The Kier molecular flexibility index (Phi) is 5.03. The predicted octanol–water partition coefficient (Wildman–Crippen LogP) is 3.31. The minimum absolute atomic E-state index is 0.360. The van der Waals surface area contributed by atoms with Crippen molar-refractivity contribution in [2.24, 2.45) is 0 Å². The second-order valence-electron chi connectivity index (χ2n) is 5.18. The first-order valence-corrected chi connectivity index (χ1v) is 9.42. The molecule has 21 heavy (non-hydrogen) atoms. The minimum Gasteiger partial charge on any atom is -0.295 e. The van der Waals surface area contributed by atoms with Gasteiger partial charge in [0.05, 0.1) is 6.26 Å². The Balaban J connectivity index is 2.00. The van der Waals surface area contributed by atoms with E-state index >= 15 is 0 Å². The fraction of sp³-hybridized carbons (Fsp3) is 0.333. The lowest BCUT2D eigenvalue weighted by molar-refractivity contribution is 0.256. The van der Waals surface area contributed by atoms with Crippen LogP contribution in [0.4, 0.5) is 5.69 Å². The summed E-state index contributed by atoms with van der Waals surface area (Å²) in [5.74, 6) is 0. The van der Waals surface area contributed by atoms with E-state index in [-0.39, 0.29) is 0 Å². The predicted molar refractivity (Wildman–Crippen MR) is 89.1 cm³/mol. The van der Waals surface area contributed by atoms with Gasteiger partial charge in [-0.15, -0.1) is 11.3 Å². The summed E-state index contributed by atoms with van der Waals surface area (Å²) < 4.78 is 24.8. The highest BCUT2D eigenvalue weighted by Crippen LogP contribution is 2.25. The quantitative estimate of drug-likeness (QED) is 0.887. The Labute approximate surface area is 130 Å². The van der Waals surface area contributed by atoms with Gasteiger partial charge in [0.1, 0.15) is 0 Å². The summed E-state index contributed by atoms with van der Waals surface area (Å²) in [6, 6.07) is 12.1. The number of nitrogens with zero attached hydrogens (tertiary/aromatic N) is 1. The van der Waals surface area contributed by atoms with Gasteiger partial charge >= 0.3 is 0 Å². The van der Waals surface area contributed by atoms with Crippen LogP contribution in [-0.4, -0.2) is 26.6 Å². The lowest BCUT2D eigenvalue weighted by Crippen LogP contribution is -2.21. The first-order valence-electron chi connectivity index (χ1n) is 6.65. The van der Waals surface area contributed by atoms with Crippen molar-refractivity contribution in [2.45, 2.75) is 19.5 Å². The molecule has 0 spiro atoms. The Bertz CT molecular complexity index is 664. The zero-order valence-corrected chi connectivity index (χ0v) is 14.0. The Morgan fingerprint density at radius 1 is 1.24 bits per heavy atom. The molecule has 0 amide bonds. The molecule has 4 nitrogen and oxygen atoms in total. The molecule has 1 aromatic carbocycles. The lowest BCUT2D eigenvalue weighted by atomic mass is 10.1. The van der Waals surface area contributed by atoms with Gasteiger partial charge in [0.25, 0.3) is 0 Å². The molecule has 0 aliphatic carbocycles. The summed E-state index contributed by atoms with van der Waals surface area (Å²) in [7, 11) is -1.12. The van der Waals surface area contributed by atoms with E-state index in [1.807, 2.05) is 12.1 Å². The molecule has 0 aliphatic rings. The molecular formula is C15H20N2O2S2. The standard InChI is InChI=1S/C15H20N2O2S2/c1-12(15-5-4-10-20-15)17(2)11-13-6-8-14(9-7-13)16-21(3,18)19/h4-10,12,16H,11H2,1-3H3/t12-/m0/s1. The van der Waals surface area contributed by atoms with Crippen LogP contribution in [-0.2, 0) is 16.6 Å². The fourth-order valence-corrected chi connectivity index (χ4v) is 3.48. The van der Waals surface area contributed by atoms with Crippen molar-refractivity contribution in [2.75, 3.05) is 18.0 Å². The average Bonchev–Trinajstić information content (AvgIpc) is 2.92. The zero-order chi connectivity index (χ0) is 15.5. The van der Waals surface area contributed by atoms with E-state index in [1.54, 1.807) is 23.5 Å². The maximum Gasteiger partial charge on any atom is 0.229 e. The number of thiophene rings is 1. The summed E-state index contributed by atoms with van der Waals surface area (Å²) in [6.45, 7) is 3.00. The molecule has 2 aromatic rings. The van der Waals surface area contributed by atoms with Gasteiger partial charge in [-0.25, -0.2) is 8.42 Å². The highest BCUT2D eigenvalue weighted by molar-refractivity contribution is 7.92. The SMILES string of the molecule is C[C@@H](c1cccs1)N(C)Cc1ccc(NS(C)(=O)=O)cc1. The van der Waals surface area contributed by atoms with Crippen molar-refractivity contribution in [1.82, 2.24) is 4.90 Å². The monoisotopic (exact) mass is 324 g/mol. The van der Waals surface area contributed by atoms with Crippen molar-refractivity contribution in [3.05, 3.63) is 52.2 Å². The number of nitrogens with one attached hydrogen (secondary N) is 1. The second-order valence-corrected chi connectivity index (χ2v) is 7.91. The van der Waals surface area contributed by atoms with E-state index in [0.717, 1.165) is 18.4 Å². The van der Waals surface area contributed by atoms with Crippen molar-refractivity contribution in [3.63, 3.8) is 0 Å². The van der Waals surface area contributed by atoms with Gasteiger partial charge in [0.15, 0.2) is 0 Å². The first-order chi connectivity index (χ1) is 9.85. The minimum atomic E-state index is -3.22. The summed E-state index contributed by atoms with van der Waals surface area (Å²) in [5, 5.41) is 2.09. The first kappa shape index (κ1) is 16.0. The van der Waals surface area contributed by atoms with Crippen LogP contribution in [0.2, 0.25) is 0 Å². The number of rotatable bonds is 6. The normalized spacial score (nSPS) is 13.3. The molecule has 114 valence electrons. The summed E-state index contributed by atoms with van der Waals surface area (Å²) >= 11 is 1.76. The molecule has 6 heteroatoms. The third kappa shape index (κ3) is 4.84. The van der Waals surface area contributed by atoms with Gasteiger partial charge in [-0.05, 0) is 43.1 Å². The molecule has 1 atom stereocenters. The molecule has 0 unspecified atom stereocenters. The molecular weight excluding hydrogens is 304 g/mol. The van der Waals surface area contributed by atoms with E-state index < -0.39 is 10.0 Å². The van der Waals surface area contributed by atoms with Gasteiger partial charge in [0, 0.05) is 23.2 Å². The highest BCUT2D eigenvalue weighted by Gasteiger charge is 2.12. The fourth-order valence-electron chi connectivity index (χ4n) is 2.06. The lowest BCUT2D eigenvalue weighted by Gasteiger charge is -2.24. The molecule has 0 saturated heterocycles. The van der Waals surface area contributed by atoms with Gasteiger partial charge in [-0.2, -0.15) is 0 Å². The maximum absolute atomic E-state index is 11.2. The van der Waals surface area contributed by atoms with E-state index in [2.05, 4.69) is 41.1 Å². The molecule has 0 aliphatic heterocycles. The largest absolute Gasteiger partial charge is 0.295 e. The van der Waals surface area contributed by atoms with Gasteiger partial charge in [0.2, 0.25) is 10.0 Å². The third-order valence-electron chi connectivity index (χ3n) is 3.31. The van der Waals surface area contributed by atoms with E-state index in [1.165, 1.54) is 4.88 Å². The zero-order valence-electron chi connectivity index (χ0n) is 12.4. The van der Waals surface area contributed by atoms with Gasteiger partial charge in [-0.3, -0.25) is 9.62 Å². The van der Waals surface area contributed by atoms with Gasteiger partial charge < -0.3 is 0 Å². The molecule has 1 aromatic heterocycles. The average molecular weight is 324 g/mol.